The highest BCUT2D eigenvalue weighted by atomic mass is 16.5. The lowest BCUT2D eigenvalue weighted by molar-refractivity contribution is 0.0743. The molecule has 2 heteroatoms. The molecule has 1 aromatic rings. The van der Waals surface area contributed by atoms with Gasteiger partial charge < -0.3 is 9.15 Å². The van der Waals surface area contributed by atoms with Crippen LogP contribution in [0.1, 0.15) is 57.3 Å². The van der Waals surface area contributed by atoms with Crippen LogP contribution >= 0.6 is 0 Å². The van der Waals surface area contributed by atoms with Crippen molar-refractivity contribution in [3.8, 4) is 0 Å². The Labute approximate surface area is 92.6 Å². The number of hydrogen-bond donors (Lipinski definition) is 0. The van der Waals surface area contributed by atoms with Crippen LogP contribution < -0.4 is 0 Å². The first kappa shape index (κ1) is 12.3. The number of unbranched alkanes of at least 4 members (excludes halogenated alkanes) is 4. The highest BCUT2D eigenvalue weighted by Crippen LogP contribution is 2.23. The summed E-state index contributed by atoms with van der Waals surface area (Å²) in [6.45, 7) is 2.24. The fourth-order valence-electron chi connectivity index (χ4n) is 1.78. The highest BCUT2D eigenvalue weighted by Gasteiger charge is 2.12. The van der Waals surface area contributed by atoms with Crippen LogP contribution in [0.15, 0.2) is 22.8 Å². The van der Waals surface area contributed by atoms with E-state index in [-0.39, 0.29) is 6.10 Å². The molecule has 0 saturated heterocycles. The number of furan rings is 1. The highest BCUT2D eigenvalue weighted by molar-refractivity contribution is 5.01. The summed E-state index contributed by atoms with van der Waals surface area (Å²) in [4.78, 5) is 0. The number of methoxy groups -OCH3 is 1. The van der Waals surface area contributed by atoms with Crippen molar-refractivity contribution in [1.82, 2.24) is 0 Å². The molecule has 0 fully saturated rings. The van der Waals surface area contributed by atoms with Gasteiger partial charge in [0.1, 0.15) is 11.9 Å². The third kappa shape index (κ3) is 4.52. The molecule has 2 nitrogen and oxygen atoms in total. The van der Waals surface area contributed by atoms with Gasteiger partial charge in [-0.2, -0.15) is 0 Å². The summed E-state index contributed by atoms with van der Waals surface area (Å²) < 4.78 is 10.7. The van der Waals surface area contributed by atoms with Crippen molar-refractivity contribution in [2.24, 2.45) is 0 Å². The summed E-state index contributed by atoms with van der Waals surface area (Å²) >= 11 is 0. The molecule has 1 aromatic heterocycles. The number of rotatable bonds is 8. The quantitative estimate of drug-likeness (QED) is 0.596. The largest absolute Gasteiger partial charge is 0.467 e. The molecule has 0 bridgehead atoms. The Morgan fingerprint density at radius 1 is 1.27 bits per heavy atom. The zero-order chi connectivity index (χ0) is 10.9. The SMILES string of the molecule is CCCCCCCC(OC)c1ccco1. The predicted octanol–water partition coefficient (Wildman–Crippen LogP) is 4.33. The van der Waals surface area contributed by atoms with E-state index >= 15 is 0 Å². The Balaban J connectivity index is 2.18. The third-order valence-electron chi connectivity index (χ3n) is 2.71. The van der Waals surface area contributed by atoms with Gasteiger partial charge in [-0.05, 0) is 18.6 Å². The van der Waals surface area contributed by atoms with Gasteiger partial charge >= 0.3 is 0 Å². The van der Waals surface area contributed by atoms with Crippen LogP contribution in [0.4, 0.5) is 0 Å². The van der Waals surface area contributed by atoms with Gasteiger partial charge in [-0.15, -0.1) is 0 Å². The summed E-state index contributed by atoms with van der Waals surface area (Å²) in [6, 6.07) is 3.90. The van der Waals surface area contributed by atoms with Crippen LogP contribution in [0.3, 0.4) is 0 Å². The molecule has 1 rings (SSSR count). The van der Waals surface area contributed by atoms with E-state index in [0.29, 0.717) is 0 Å². The van der Waals surface area contributed by atoms with Gasteiger partial charge in [-0.1, -0.05) is 39.0 Å². The first-order chi connectivity index (χ1) is 7.38. The average Bonchev–Trinajstić information content (AvgIpc) is 2.77. The summed E-state index contributed by atoms with van der Waals surface area (Å²) in [6.07, 6.45) is 9.41. The van der Waals surface area contributed by atoms with Crippen molar-refractivity contribution in [3.05, 3.63) is 24.2 Å². The predicted molar refractivity (Wildman–Crippen MR) is 61.8 cm³/mol. The smallest absolute Gasteiger partial charge is 0.132 e. The molecule has 1 unspecified atom stereocenters. The normalized spacial score (nSPS) is 12.9. The number of ether oxygens (including phenoxy) is 1. The second-order valence-electron chi connectivity index (χ2n) is 3.94. The molecule has 15 heavy (non-hydrogen) atoms. The van der Waals surface area contributed by atoms with Crippen LogP contribution in [0.25, 0.3) is 0 Å². The Morgan fingerprint density at radius 3 is 2.67 bits per heavy atom. The lowest BCUT2D eigenvalue weighted by Crippen LogP contribution is -1.99. The Bertz CT molecular complexity index is 229. The second-order valence-corrected chi connectivity index (χ2v) is 3.94. The monoisotopic (exact) mass is 210 g/mol. The van der Waals surface area contributed by atoms with Gasteiger partial charge in [0.15, 0.2) is 0 Å². The van der Waals surface area contributed by atoms with Crippen LogP contribution in [-0.2, 0) is 4.74 Å². The lowest BCUT2D eigenvalue weighted by atomic mass is 10.1. The molecule has 0 aromatic carbocycles. The Morgan fingerprint density at radius 2 is 2.07 bits per heavy atom. The first-order valence-corrected chi connectivity index (χ1v) is 5.94. The molecule has 1 heterocycles. The molecular formula is C13H22O2. The molecule has 0 aliphatic carbocycles. The fraction of sp³-hybridized carbons (Fsp3) is 0.692. The molecule has 86 valence electrons. The van der Waals surface area contributed by atoms with E-state index in [1.165, 1.54) is 32.1 Å². The van der Waals surface area contributed by atoms with Crippen LogP contribution in [0, 0.1) is 0 Å². The minimum absolute atomic E-state index is 0.140. The molecule has 0 N–H and O–H groups in total. The topological polar surface area (TPSA) is 22.4 Å². The molecule has 1 atom stereocenters. The summed E-state index contributed by atoms with van der Waals surface area (Å²) in [5.41, 5.74) is 0. The van der Waals surface area contributed by atoms with Crippen molar-refractivity contribution < 1.29 is 9.15 Å². The maximum Gasteiger partial charge on any atom is 0.132 e. The average molecular weight is 210 g/mol. The Hall–Kier alpha value is -0.760. The lowest BCUT2D eigenvalue weighted by Gasteiger charge is -2.12. The number of hydrogen-bond acceptors (Lipinski definition) is 2. The van der Waals surface area contributed by atoms with Crippen molar-refractivity contribution in [3.63, 3.8) is 0 Å². The van der Waals surface area contributed by atoms with E-state index in [9.17, 15) is 0 Å². The minimum Gasteiger partial charge on any atom is -0.467 e. The molecule has 0 spiro atoms. The molecule has 0 amide bonds. The van der Waals surface area contributed by atoms with Crippen LogP contribution in [0.2, 0.25) is 0 Å². The van der Waals surface area contributed by atoms with Gasteiger partial charge in [0.25, 0.3) is 0 Å². The van der Waals surface area contributed by atoms with Gasteiger partial charge in [0.05, 0.1) is 6.26 Å². The van der Waals surface area contributed by atoms with Gasteiger partial charge in [0, 0.05) is 7.11 Å². The van der Waals surface area contributed by atoms with E-state index < -0.39 is 0 Å². The van der Waals surface area contributed by atoms with Gasteiger partial charge in [0.2, 0.25) is 0 Å². The molecule has 0 saturated carbocycles. The molecule has 0 radical (unpaired) electrons. The van der Waals surface area contributed by atoms with Crippen molar-refractivity contribution in [1.29, 1.82) is 0 Å². The van der Waals surface area contributed by atoms with E-state index in [0.717, 1.165) is 12.2 Å². The van der Waals surface area contributed by atoms with Crippen molar-refractivity contribution >= 4 is 0 Å². The second kappa shape index (κ2) is 7.52. The van der Waals surface area contributed by atoms with Crippen molar-refractivity contribution in [2.45, 2.75) is 51.6 Å². The van der Waals surface area contributed by atoms with Crippen LogP contribution in [-0.4, -0.2) is 7.11 Å². The zero-order valence-electron chi connectivity index (χ0n) is 9.87. The maximum absolute atomic E-state index is 5.41. The Kier molecular flexibility index (Phi) is 6.17. The van der Waals surface area contributed by atoms with E-state index in [4.69, 9.17) is 9.15 Å². The minimum atomic E-state index is 0.140. The third-order valence-corrected chi connectivity index (χ3v) is 2.71. The van der Waals surface area contributed by atoms with Gasteiger partial charge in [-0.25, -0.2) is 0 Å². The van der Waals surface area contributed by atoms with Crippen LogP contribution in [0.5, 0.6) is 0 Å². The zero-order valence-corrected chi connectivity index (χ0v) is 9.87. The van der Waals surface area contributed by atoms with E-state index in [1.54, 1.807) is 13.4 Å². The first-order valence-electron chi connectivity index (χ1n) is 5.94. The summed E-state index contributed by atoms with van der Waals surface area (Å²) in [5.74, 6) is 0.952. The van der Waals surface area contributed by atoms with E-state index in [2.05, 4.69) is 6.92 Å². The molecular weight excluding hydrogens is 188 g/mol. The van der Waals surface area contributed by atoms with Gasteiger partial charge in [-0.3, -0.25) is 0 Å². The standard InChI is InChI=1S/C13H22O2/c1-3-4-5-6-7-9-12(14-2)13-10-8-11-15-13/h8,10-12H,3-7,9H2,1-2H3. The maximum atomic E-state index is 5.41. The molecule has 0 aliphatic rings. The van der Waals surface area contributed by atoms with E-state index in [1.807, 2.05) is 12.1 Å². The summed E-state index contributed by atoms with van der Waals surface area (Å²) in [7, 11) is 1.75. The molecule has 0 aliphatic heterocycles. The summed E-state index contributed by atoms with van der Waals surface area (Å²) in [5, 5.41) is 0. The fourth-order valence-corrected chi connectivity index (χ4v) is 1.78. The van der Waals surface area contributed by atoms with Crippen molar-refractivity contribution in [2.75, 3.05) is 7.11 Å².